The number of thiazole rings is 1. The number of aryl methyl sites for hydroxylation is 1. The fourth-order valence-electron chi connectivity index (χ4n) is 4.04. The number of carbonyl (C=O) groups excluding carboxylic acids is 2. The highest BCUT2D eigenvalue weighted by atomic mass is 32.1. The Morgan fingerprint density at radius 3 is 2.72 bits per heavy atom. The first-order valence-electron chi connectivity index (χ1n) is 10.6. The minimum Gasteiger partial charge on any atom is -0.477 e. The molecule has 1 saturated carbocycles. The van der Waals surface area contributed by atoms with Gasteiger partial charge in [0.15, 0.2) is 5.13 Å². The highest BCUT2D eigenvalue weighted by Crippen LogP contribution is 2.26. The molecule has 3 aromatic rings. The average Bonchev–Trinajstić information content (AvgIpc) is 3.51. The van der Waals surface area contributed by atoms with Crippen LogP contribution in [0.4, 0.5) is 5.13 Å². The zero-order valence-electron chi connectivity index (χ0n) is 17.4. The van der Waals surface area contributed by atoms with Gasteiger partial charge in [0, 0.05) is 27.9 Å². The van der Waals surface area contributed by atoms with E-state index in [1.807, 2.05) is 0 Å². The normalized spacial score (nSPS) is 14.0. The monoisotopic (exact) mass is 455 g/mol. The Labute approximate surface area is 188 Å². The number of aromatic amines is 1. The molecule has 6 N–H and O–H groups in total. The lowest BCUT2D eigenvalue weighted by Crippen LogP contribution is -2.32. The number of anilines is 1. The molecule has 0 bridgehead atoms. The SMILES string of the molecule is NCCCc1c(C(=O)O)[nH]c2ccc(C(=O)Nc3nc(C(=O)NC4CCCC4)cs3)cc12. The lowest BCUT2D eigenvalue weighted by Gasteiger charge is -2.09. The summed E-state index contributed by atoms with van der Waals surface area (Å²) in [6.45, 7) is 0.437. The fourth-order valence-corrected chi connectivity index (χ4v) is 4.73. The van der Waals surface area contributed by atoms with Crippen LogP contribution in [-0.4, -0.2) is 45.4 Å². The van der Waals surface area contributed by atoms with E-state index in [0.29, 0.717) is 46.5 Å². The van der Waals surface area contributed by atoms with Crippen LogP contribution in [-0.2, 0) is 6.42 Å². The number of benzene rings is 1. The van der Waals surface area contributed by atoms with Crippen molar-refractivity contribution < 1.29 is 19.5 Å². The molecular weight excluding hydrogens is 430 g/mol. The van der Waals surface area contributed by atoms with Gasteiger partial charge in [-0.05, 0) is 56.0 Å². The Hall–Kier alpha value is -3.24. The molecule has 1 aliphatic carbocycles. The topological polar surface area (TPSA) is 150 Å². The first kappa shape index (κ1) is 22.0. The van der Waals surface area contributed by atoms with E-state index in [-0.39, 0.29) is 29.2 Å². The molecule has 0 unspecified atom stereocenters. The Balaban J connectivity index is 1.50. The number of hydrogen-bond acceptors (Lipinski definition) is 6. The van der Waals surface area contributed by atoms with Crippen LogP contribution in [0.5, 0.6) is 0 Å². The first-order chi connectivity index (χ1) is 15.5. The summed E-state index contributed by atoms with van der Waals surface area (Å²) in [6.07, 6.45) is 5.34. The second kappa shape index (κ2) is 9.49. The van der Waals surface area contributed by atoms with Crippen molar-refractivity contribution in [3.63, 3.8) is 0 Å². The van der Waals surface area contributed by atoms with Crippen LogP contribution in [0.15, 0.2) is 23.6 Å². The summed E-state index contributed by atoms with van der Waals surface area (Å²) in [7, 11) is 0. The molecule has 2 heterocycles. The van der Waals surface area contributed by atoms with Crippen molar-refractivity contribution in [2.24, 2.45) is 5.73 Å². The Bertz CT molecular complexity index is 1160. The quantitative estimate of drug-likeness (QED) is 0.352. The van der Waals surface area contributed by atoms with Crippen molar-refractivity contribution in [2.45, 2.75) is 44.6 Å². The van der Waals surface area contributed by atoms with Gasteiger partial charge in [0.05, 0.1) is 0 Å². The third kappa shape index (κ3) is 4.66. The number of nitrogens with zero attached hydrogens (tertiary/aromatic N) is 1. The molecule has 1 fully saturated rings. The third-order valence-corrected chi connectivity index (χ3v) is 6.42. The number of hydrogen-bond donors (Lipinski definition) is 5. The maximum atomic E-state index is 12.8. The number of rotatable bonds is 8. The number of H-pyrrole nitrogens is 1. The smallest absolute Gasteiger partial charge is 0.352 e. The van der Waals surface area contributed by atoms with E-state index in [0.717, 1.165) is 25.7 Å². The number of aromatic carboxylic acids is 1. The number of nitrogens with one attached hydrogen (secondary N) is 3. The lowest BCUT2D eigenvalue weighted by molar-refractivity contribution is 0.0689. The molecule has 2 amide bonds. The largest absolute Gasteiger partial charge is 0.477 e. The number of carboxylic acid groups (broad SMARTS) is 1. The van der Waals surface area contributed by atoms with Gasteiger partial charge >= 0.3 is 5.97 Å². The molecule has 0 spiro atoms. The molecule has 0 atom stereocenters. The molecule has 1 aromatic carbocycles. The van der Waals surface area contributed by atoms with E-state index in [9.17, 15) is 19.5 Å². The number of fused-ring (bicyclic) bond motifs is 1. The van der Waals surface area contributed by atoms with Crippen LogP contribution in [0.25, 0.3) is 10.9 Å². The Kier molecular flexibility index (Phi) is 6.52. The first-order valence-corrected chi connectivity index (χ1v) is 11.5. The molecule has 0 aliphatic heterocycles. The number of carbonyl (C=O) groups is 3. The van der Waals surface area contributed by atoms with Crippen molar-refractivity contribution in [1.29, 1.82) is 0 Å². The van der Waals surface area contributed by atoms with Gasteiger partial charge in [-0.1, -0.05) is 12.8 Å². The molecule has 168 valence electrons. The second-order valence-corrected chi connectivity index (χ2v) is 8.74. The van der Waals surface area contributed by atoms with Crippen molar-refractivity contribution in [1.82, 2.24) is 15.3 Å². The zero-order valence-corrected chi connectivity index (χ0v) is 18.3. The van der Waals surface area contributed by atoms with E-state index in [2.05, 4.69) is 20.6 Å². The van der Waals surface area contributed by atoms with Crippen LogP contribution in [0.2, 0.25) is 0 Å². The maximum absolute atomic E-state index is 12.8. The summed E-state index contributed by atoms with van der Waals surface area (Å²) < 4.78 is 0. The van der Waals surface area contributed by atoms with Crippen molar-refractivity contribution in [2.75, 3.05) is 11.9 Å². The molecule has 0 saturated heterocycles. The summed E-state index contributed by atoms with van der Waals surface area (Å²) in [5, 5.41) is 17.8. The van der Waals surface area contributed by atoms with Gasteiger partial charge in [0.1, 0.15) is 11.4 Å². The molecular formula is C22H25N5O4S. The van der Waals surface area contributed by atoms with Crippen molar-refractivity contribution in [3.8, 4) is 0 Å². The summed E-state index contributed by atoms with van der Waals surface area (Å²) in [5.41, 5.74) is 7.64. The average molecular weight is 456 g/mol. The van der Waals surface area contributed by atoms with E-state index >= 15 is 0 Å². The van der Waals surface area contributed by atoms with E-state index in [1.165, 1.54) is 11.3 Å². The summed E-state index contributed by atoms with van der Waals surface area (Å²) in [6, 6.07) is 5.17. The van der Waals surface area contributed by atoms with Gasteiger partial charge < -0.3 is 21.1 Å². The van der Waals surface area contributed by atoms with Gasteiger partial charge in [0.2, 0.25) is 0 Å². The van der Waals surface area contributed by atoms with Gasteiger partial charge in [-0.2, -0.15) is 0 Å². The van der Waals surface area contributed by atoms with Crippen molar-refractivity contribution >= 4 is 45.2 Å². The van der Waals surface area contributed by atoms with Crippen LogP contribution >= 0.6 is 11.3 Å². The van der Waals surface area contributed by atoms with Crippen LogP contribution < -0.4 is 16.4 Å². The number of aromatic nitrogens is 2. The summed E-state index contributed by atoms with van der Waals surface area (Å²) >= 11 is 1.18. The van der Waals surface area contributed by atoms with Gasteiger partial charge in [-0.25, -0.2) is 9.78 Å². The fraction of sp³-hybridized carbons (Fsp3) is 0.364. The summed E-state index contributed by atoms with van der Waals surface area (Å²) in [4.78, 5) is 43.9. The Morgan fingerprint density at radius 2 is 2.00 bits per heavy atom. The minimum absolute atomic E-state index is 0.115. The standard InChI is InChI=1S/C22H25N5O4S/c23-9-3-6-14-15-10-12(7-8-16(15)25-18(14)21(30)31)19(28)27-22-26-17(11-32-22)20(29)24-13-4-1-2-5-13/h7-8,10-11,13,25H,1-6,9,23H2,(H,24,29)(H,30,31)(H,26,27,28). The van der Waals surface area contributed by atoms with Crippen LogP contribution in [0.1, 0.15) is 69.0 Å². The van der Waals surface area contributed by atoms with Crippen molar-refractivity contribution in [3.05, 3.63) is 46.1 Å². The predicted octanol–water partition coefficient (Wildman–Crippen LogP) is 3.14. The number of amides is 2. The molecule has 2 aromatic heterocycles. The van der Waals surface area contributed by atoms with Crippen LogP contribution in [0, 0.1) is 0 Å². The lowest BCUT2D eigenvalue weighted by atomic mass is 10.0. The molecule has 32 heavy (non-hydrogen) atoms. The third-order valence-electron chi connectivity index (χ3n) is 5.66. The molecule has 9 nitrogen and oxygen atoms in total. The molecule has 10 heteroatoms. The van der Waals surface area contributed by atoms with E-state index in [4.69, 9.17) is 5.73 Å². The molecule has 1 aliphatic rings. The van der Waals surface area contributed by atoms with E-state index in [1.54, 1.807) is 23.6 Å². The maximum Gasteiger partial charge on any atom is 0.352 e. The summed E-state index contributed by atoms with van der Waals surface area (Å²) in [5.74, 6) is -1.66. The van der Waals surface area contributed by atoms with Gasteiger partial charge in [0.25, 0.3) is 11.8 Å². The van der Waals surface area contributed by atoms with Crippen LogP contribution in [0.3, 0.4) is 0 Å². The van der Waals surface area contributed by atoms with Gasteiger partial charge in [-0.3, -0.25) is 14.9 Å². The van der Waals surface area contributed by atoms with Gasteiger partial charge in [-0.15, -0.1) is 11.3 Å². The highest BCUT2D eigenvalue weighted by Gasteiger charge is 2.21. The van der Waals surface area contributed by atoms with E-state index < -0.39 is 5.97 Å². The Morgan fingerprint density at radius 1 is 1.22 bits per heavy atom. The minimum atomic E-state index is -1.05. The molecule has 4 rings (SSSR count). The predicted molar refractivity (Wildman–Crippen MR) is 122 cm³/mol. The molecule has 0 radical (unpaired) electrons. The number of nitrogens with two attached hydrogens (primary N) is 1. The highest BCUT2D eigenvalue weighted by molar-refractivity contribution is 7.14. The number of carboxylic acids is 1. The zero-order chi connectivity index (χ0) is 22.7. The second-order valence-electron chi connectivity index (χ2n) is 7.88.